The summed E-state index contributed by atoms with van der Waals surface area (Å²) >= 11 is 1.22. The number of nitrogens with one attached hydrogen (secondary N) is 1. The van der Waals surface area contributed by atoms with Gasteiger partial charge in [0, 0.05) is 17.2 Å². The molecule has 0 spiro atoms. The number of carbonyl (C=O) groups excluding carboxylic acids is 1. The minimum Gasteiger partial charge on any atom is -0.352 e. The van der Waals surface area contributed by atoms with Crippen LogP contribution in [0.3, 0.4) is 0 Å². The molecule has 5 nitrogen and oxygen atoms in total. The van der Waals surface area contributed by atoms with Crippen molar-refractivity contribution in [2.45, 2.75) is 29.3 Å². The first-order valence-electron chi connectivity index (χ1n) is 10.8. The molecule has 1 N–H and O–H groups in total. The van der Waals surface area contributed by atoms with Crippen molar-refractivity contribution in [1.29, 1.82) is 0 Å². The van der Waals surface area contributed by atoms with Crippen LogP contribution < -0.4 is 5.32 Å². The van der Waals surface area contributed by atoms with Crippen molar-refractivity contribution >= 4 is 17.7 Å². The topological polar surface area (TPSA) is 67.8 Å². The predicted octanol–water partition coefficient (Wildman–Crippen LogP) is 5.46. The molecule has 1 aliphatic carbocycles. The molecule has 3 aromatic carbocycles. The number of nitrogens with zero attached hydrogens (tertiary/aromatic N) is 3. The van der Waals surface area contributed by atoms with Crippen LogP contribution in [-0.4, -0.2) is 27.1 Å². The molecule has 1 aliphatic rings. The molecule has 0 aliphatic heterocycles. The SMILES string of the molecule is O=C(NC1CC1)C(Sc1nnc(-c2ccccc2)c(-c2ccccc2)n1)c1ccc(F)cc1. The Labute approximate surface area is 195 Å². The second kappa shape index (κ2) is 9.50. The lowest BCUT2D eigenvalue weighted by molar-refractivity contribution is -0.120. The van der Waals surface area contributed by atoms with Gasteiger partial charge >= 0.3 is 0 Å². The van der Waals surface area contributed by atoms with Gasteiger partial charge in [-0.25, -0.2) is 9.37 Å². The van der Waals surface area contributed by atoms with Crippen molar-refractivity contribution in [3.05, 3.63) is 96.3 Å². The van der Waals surface area contributed by atoms with Crippen molar-refractivity contribution < 1.29 is 9.18 Å². The maximum Gasteiger partial charge on any atom is 0.238 e. The predicted molar refractivity (Wildman–Crippen MR) is 127 cm³/mol. The molecule has 33 heavy (non-hydrogen) atoms. The molecular weight excluding hydrogens is 435 g/mol. The third kappa shape index (κ3) is 5.09. The lowest BCUT2D eigenvalue weighted by Crippen LogP contribution is -2.29. The fourth-order valence-electron chi connectivity index (χ4n) is 3.47. The molecule has 1 unspecified atom stereocenters. The van der Waals surface area contributed by atoms with Crippen molar-refractivity contribution in [3.63, 3.8) is 0 Å². The van der Waals surface area contributed by atoms with Crippen LogP contribution in [0.5, 0.6) is 0 Å². The van der Waals surface area contributed by atoms with Gasteiger partial charge < -0.3 is 5.32 Å². The summed E-state index contributed by atoms with van der Waals surface area (Å²) in [5, 5.41) is 11.7. The van der Waals surface area contributed by atoms with E-state index in [2.05, 4.69) is 15.5 Å². The smallest absolute Gasteiger partial charge is 0.238 e. The number of aromatic nitrogens is 3. The third-order valence-electron chi connectivity index (χ3n) is 5.32. The average molecular weight is 457 g/mol. The fraction of sp³-hybridized carbons (Fsp3) is 0.154. The fourth-order valence-corrected chi connectivity index (χ4v) is 4.38. The van der Waals surface area contributed by atoms with E-state index in [9.17, 15) is 9.18 Å². The molecule has 0 radical (unpaired) electrons. The zero-order valence-electron chi connectivity index (χ0n) is 17.7. The maximum absolute atomic E-state index is 13.5. The van der Waals surface area contributed by atoms with Crippen LogP contribution >= 0.6 is 11.8 Å². The van der Waals surface area contributed by atoms with Crippen LogP contribution in [0.1, 0.15) is 23.7 Å². The summed E-state index contributed by atoms with van der Waals surface area (Å²) in [6.45, 7) is 0. The Kier molecular flexibility index (Phi) is 6.13. The summed E-state index contributed by atoms with van der Waals surface area (Å²) in [4.78, 5) is 17.8. The lowest BCUT2D eigenvalue weighted by atomic mass is 10.0. The molecule has 7 heteroatoms. The molecular formula is C26H21FN4OS. The first-order chi connectivity index (χ1) is 16.2. The first-order valence-corrected chi connectivity index (χ1v) is 11.6. The second-order valence-corrected chi connectivity index (χ2v) is 8.93. The Morgan fingerprint density at radius 2 is 1.45 bits per heavy atom. The van der Waals surface area contributed by atoms with Crippen molar-refractivity contribution in [2.24, 2.45) is 0 Å². The van der Waals surface area contributed by atoms with E-state index in [1.807, 2.05) is 60.7 Å². The third-order valence-corrected chi connectivity index (χ3v) is 6.43. The number of rotatable bonds is 7. The minimum absolute atomic E-state index is 0.133. The van der Waals surface area contributed by atoms with Gasteiger partial charge in [0.15, 0.2) is 0 Å². The molecule has 1 aromatic heterocycles. The van der Waals surface area contributed by atoms with Crippen molar-refractivity contribution in [2.75, 3.05) is 0 Å². The Bertz CT molecular complexity index is 1250. The van der Waals surface area contributed by atoms with Crippen LogP contribution in [0.2, 0.25) is 0 Å². The first kappa shape index (κ1) is 21.3. The van der Waals surface area contributed by atoms with Crippen LogP contribution in [0.4, 0.5) is 4.39 Å². The molecule has 164 valence electrons. The number of thioether (sulfide) groups is 1. The van der Waals surface area contributed by atoms with E-state index in [4.69, 9.17) is 4.98 Å². The Morgan fingerprint density at radius 3 is 2.06 bits per heavy atom. The molecule has 5 rings (SSSR count). The van der Waals surface area contributed by atoms with E-state index < -0.39 is 5.25 Å². The van der Waals surface area contributed by atoms with E-state index >= 15 is 0 Å². The van der Waals surface area contributed by atoms with Crippen molar-refractivity contribution in [1.82, 2.24) is 20.5 Å². The van der Waals surface area contributed by atoms with E-state index in [0.29, 0.717) is 22.1 Å². The van der Waals surface area contributed by atoms with Gasteiger partial charge in [-0.15, -0.1) is 10.2 Å². The number of amides is 1. The molecule has 1 fully saturated rings. The quantitative estimate of drug-likeness (QED) is 0.374. The monoisotopic (exact) mass is 456 g/mol. The largest absolute Gasteiger partial charge is 0.352 e. The molecule has 4 aromatic rings. The number of hydrogen-bond donors (Lipinski definition) is 1. The Balaban J connectivity index is 1.53. The van der Waals surface area contributed by atoms with Gasteiger partial charge in [-0.3, -0.25) is 4.79 Å². The van der Waals surface area contributed by atoms with E-state index in [1.165, 1.54) is 23.9 Å². The van der Waals surface area contributed by atoms with E-state index in [0.717, 1.165) is 24.0 Å². The highest BCUT2D eigenvalue weighted by molar-refractivity contribution is 8.00. The highest BCUT2D eigenvalue weighted by Crippen LogP contribution is 2.37. The van der Waals surface area contributed by atoms with E-state index in [-0.39, 0.29) is 17.8 Å². The summed E-state index contributed by atoms with van der Waals surface area (Å²) in [6, 6.07) is 25.8. The lowest BCUT2D eigenvalue weighted by Gasteiger charge is -2.17. The highest BCUT2D eigenvalue weighted by Gasteiger charge is 2.30. The molecule has 1 amide bonds. The van der Waals surface area contributed by atoms with Gasteiger partial charge in [0.1, 0.15) is 22.5 Å². The standard InChI is InChI=1S/C26H21FN4OS/c27-20-13-11-19(12-14-20)24(25(32)28-21-15-16-21)33-26-29-22(17-7-3-1-4-8-17)23(30-31-26)18-9-5-2-6-10-18/h1-14,21,24H,15-16H2,(H,28,32). The van der Waals surface area contributed by atoms with Crippen LogP contribution in [0, 0.1) is 5.82 Å². The van der Waals surface area contributed by atoms with Crippen LogP contribution in [0.25, 0.3) is 22.5 Å². The van der Waals surface area contributed by atoms with E-state index in [1.54, 1.807) is 12.1 Å². The number of carbonyl (C=O) groups is 1. The Morgan fingerprint density at radius 1 is 0.848 bits per heavy atom. The molecule has 1 atom stereocenters. The zero-order valence-corrected chi connectivity index (χ0v) is 18.5. The summed E-state index contributed by atoms with van der Waals surface area (Å²) in [7, 11) is 0. The maximum atomic E-state index is 13.5. The van der Waals surface area contributed by atoms with Gasteiger partial charge in [0.05, 0.1) is 0 Å². The summed E-state index contributed by atoms with van der Waals surface area (Å²) in [6.07, 6.45) is 1.96. The number of benzene rings is 3. The van der Waals surface area contributed by atoms with Gasteiger partial charge in [-0.1, -0.05) is 84.6 Å². The summed E-state index contributed by atoms with van der Waals surface area (Å²) < 4.78 is 13.5. The van der Waals surface area contributed by atoms with Gasteiger partial charge in [0.2, 0.25) is 11.1 Å². The molecule has 0 saturated heterocycles. The van der Waals surface area contributed by atoms with Crippen molar-refractivity contribution in [3.8, 4) is 22.5 Å². The van der Waals surface area contributed by atoms with Crippen LogP contribution in [-0.2, 0) is 4.79 Å². The van der Waals surface area contributed by atoms with Gasteiger partial charge in [-0.2, -0.15) is 0 Å². The summed E-state index contributed by atoms with van der Waals surface area (Å²) in [5.41, 5.74) is 3.88. The normalized spacial score (nSPS) is 14.0. The molecule has 1 saturated carbocycles. The van der Waals surface area contributed by atoms with Gasteiger partial charge in [0.25, 0.3) is 0 Å². The van der Waals surface area contributed by atoms with Crippen LogP contribution in [0.15, 0.2) is 90.1 Å². The highest BCUT2D eigenvalue weighted by atomic mass is 32.2. The number of halogens is 1. The van der Waals surface area contributed by atoms with Gasteiger partial charge in [-0.05, 0) is 30.5 Å². The molecule has 0 bridgehead atoms. The average Bonchev–Trinajstić information content (AvgIpc) is 3.68. The minimum atomic E-state index is -0.612. The zero-order chi connectivity index (χ0) is 22.6. The summed E-state index contributed by atoms with van der Waals surface area (Å²) in [5.74, 6) is -0.479. The molecule has 1 heterocycles. The second-order valence-electron chi connectivity index (χ2n) is 7.86. The Hall–Kier alpha value is -3.58. The number of hydrogen-bond acceptors (Lipinski definition) is 5.